The number of hydrogen-bond acceptors (Lipinski definition) is 6. The first-order valence-electron chi connectivity index (χ1n) is 20.7. The first kappa shape index (κ1) is 41.8. The molecule has 312 valence electrons. The fraction of sp³-hybridized carbons (Fsp3) is 0.265. The summed E-state index contributed by atoms with van der Waals surface area (Å²) < 4.78 is 0. The molecule has 1 saturated carbocycles. The molecular formula is C49H44Cl6N6. The average Bonchev–Trinajstić information content (AvgIpc) is 3.94. The molecule has 6 nitrogen and oxygen atoms in total. The highest BCUT2D eigenvalue weighted by atomic mass is 35.5. The number of rotatable bonds is 13. The average molecular weight is 930 g/mol. The molecule has 3 aliphatic heterocycles. The van der Waals surface area contributed by atoms with Gasteiger partial charge in [-0.25, -0.2) is 0 Å². The van der Waals surface area contributed by atoms with Gasteiger partial charge in [-0.2, -0.15) is 0 Å². The van der Waals surface area contributed by atoms with E-state index in [4.69, 9.17) is 69.6 Å². The van der Waals surface area contributed by atoms with E-state index < -0.39 is 5.66 Å². The van der Waals surface area contributed by atoms with Crippen LogP contribution in [0.5, 0.6) is 0 Å². The highest BCUT2D eigenvalue weighted by molar-refractivity contribution is 6.32. The summed E-state index contributed by atoms with van der Waals surface area (Å²) >= 11 is 42.5. The molecular weight excluding hydrogens is 885 g/mol. The molecule has 12 heteroatoms. The van der Waals surface area contributed by atoms with Crippen molar-refractivity contribution in [3.05, 3.63) is 209 Å². The minimum Gasteiger partial charge on any atom is -0.295 e. The van der Waals surface area contributed by atoms with Crippen molar-refractivity contribution in [2.24, 2.45) is 0 Å². The summed E-state index contributed by atoms with van der Waals surface area (Å²) in [5, 5.41) is 8.55. The van der Waals surface area contributed by atoms with Gasteiger partial charge in [0.2, 0.25) is 0 Å². The Morgan fingerprint density at radius 2 is 0.721 bits per heavy atom. The van der Waals surface area contributed by atoms with Crippen molar-refractivity contribution in [2.75, 3.05) is 0 Å². The lowest BCUT2D eigenvalue weighted by atomic mass is 10.0. The van der Waals surface area contributed by atoms with Crippen LogP contribution in [0.4, 0.5) is 0 Å². The predicted octanol–water partition coefficient (Wildman–Crippen LogP) is 12.0. The SMILES string of the molecule is Clc1ccccc1CNC1C2N(Cc3ccccc3Cl)C3C(N1Cc1ccccc1Cl)N(Cc1ccccc1Cl)C1(CC1N2Cc1ccccc1Cl)N3Cc1ccccc1Cl. The van der Waals surface area contributed by atoms with Gasteiger partial charge in [0.15, 0.2) is 0 Å². The third-order valence-electron chi connectivity index (χ3n) is 13.2. The fourth-order valence-electron chi connectivity index (χ4n) is 10.3. The Bertz CT molecular complexity index is 2560. The van der Waals surface area contributed by atoms with Crippen molar-refractivity contribution in [1.29, 1.82) is 0 Å². The van der Waals surface area contributed by atoms with Crippen LogP contribution >= 0.6 is 69.6 Å². The van der Waals surface area contributed by atoms with E-state index in [-0.39, 0.29) is 30.7 Å². The predicted molar refractivity (Wildman–Crippen MR) is 250 cm³/mol. The summed E-state index contributed by atoms with van der Waals surface area (Å²) in [6, 6.07) is 49.3. The van der Waals surface area contributed by atoms with Crippen molar-refractivity contribution < 1.29 is 0 Å². The maximum atomic E-state index is 7.13. The van der Waals surface area contributed by atoms with Gasteiger partial charge >= 0.3 is 0 Å². The van der Waals surface area contributed by atoms with Crippen LogP contribution in [0, 0.1) is 0 Å². The molecule has 0 radical (unpaired) electrons. The molecule has 1 spiro atoms. The van der Waals surface area contributed by atoms with Crippen molar-refractivity contribution in [3.63, 3.8) is 0 Å². The van der Waals surface area contributed by atoms with Crippen LogP contribution in [0.15, 0.2) is 146 Å². The van der Waals surface area contributed by atoms with Crippen LogP contribution in [-0.2, 0) is 39.3 Å². The quantitative estimate of drug-likeness (QED) is 0.124. The Morgan fingerprint density at radius 3 is 1.13 bits per heavy atom. The Balaban J connectivity index is 1.23. The number of piperazine rings is 1. The molecule has 1 N–H and O–H groups in total. The van der Waals surface area contributed by atoms with Crippen LogP contribution < -0.4 is 5.32 Å². The summed E-state index contributed by atoms with van der Waals surface area (Å²) in [5.74, 6) is 0. The van der Waals surface area contributed by atoms with Crippen LogP contribution in [-0.4, -0.2) is 60.9 Å². The van der Waals surface area contributed by atoms with Gasteiger partial charge < -0.3 is 0 Å². The molecule has 0 amide bonds. The van der Waals surface area contributed by atoms with Gasteiger partial charge in [0.05, 0.1) is 30.3 Å². The Hall–Kier alpha value is -3.18. The summed E-state index contributed by atoms with van der Waals surface area (Å²) in [5.41, 5.74) is 5.95. The van der Waals surface area contributed by atoms with Gasteiger partial charge in [-0.05, 0) is 76.2 Å². The first-order chi connectivity index (χ1) is 29.7. The van der Waals surface area contributed by atoms with Gasteiger partial charge in [0, 0.05) is 75.4 Å². The summed E-state index contributed by atoms with van der Waals surface area (Å²) in [7, 11) is 0. The smallest absolute Gasteiger partial charge is 0.0956 e. The monoisotopic (exact) mass is 926 g/mol. The van der Waals surface area contributed by atoms with Crippen molar-refractivity contribution >= 4 is 69.6 Å². The number of hydrogen-bond donors (Lipinski definition) is 1. The van der Waals surface area contributed by atoms with E-state index in [1.807, 2.05) is 78.9 Å². The van der Waals surface area contributed by atoms with Crippen molar-refractivity contribution in [2.45, 2.75) is 82.1 Å². The maximum absolute atomic E-state index is 7.13. The molecule has 6 aromatic carbocycles. The second-order valence-electron chi connectivity index (χ2n) is 16.5. The van der Waals surface area contributed by atoms with Crippen LogP contribution in [0.2, 0.25) is 30.1 Å². The van der Waals surface area contributed by atoms with E-state index in [2.05, 4.69) is 96.5 Å². The highest BCUT2D eigenvalue weighted by Gasteiger charge is 2.78. The second kappa shape index (κ2) is 17.4. The van der Waals surface area contributed by atoms with Gasteiger partial charge in [-0.3, -0.25) is 29.8 Å². The lowest BCUT2D eigenvalue weighted by molar-refractivity contribution is -0.183. The van der Waals surface area contributed by atoms with Crippen LogP contribution in [0.25, 0.3) is 0 Å². The summed E-state index contributed by atoms with van der Waals surface area (Å²) in [6.45, 7) is 3.60. The molecule has 4 fully saturated rings. The molecule has 6 unspecified atom stereocenters. The van der Waals surface area contributed by atoms with E-state index in [9.17, 15) is 0 Å². The highest BCUT2D eigenvalue weighted by Crippen LogP contribution is 2.63. The van der Waals surface area contributed by atoms with Gasteiger partial charge in [0.1, 0.15) is 0 Å². The molecule has 4 aliphatic rings. The number of fused-ring (bicyclic) bond motifs is 1. The summed E-state index contributed by atoms with van der Waals surface area (Å²) in [4.78, 5) is 13.5. The normalized spacial score (nSPS) is 25.2. The van der Waals surface area contributed by atoms with E-state index in [0.29, 0.717) is 39.3 Å². The third kappa shape index (κ3) is 7.71. The zero-order valence-corrected chi connectivity index (χ0v) is 37.7. The molecule has 61 heavy (non-hydrogen) atoms. The minimum atomic E-state index is -0.408. The van der Waals surface area contributed by atoms with E-state index in [1.54, 1.807) is 0 Å². The largest absolute Gasteiger partial charge is 0.295 e. The third-order valence-corrected chi connectivity index (χ3v) is 15.4. The second-order valence-corrected chi connectivity index (χ2v) is 18.9. The molecule has 6 aromatic rings. The van der Waals surface area contributed by atoms with E-state index in [1.165, 1.54) is 0 Å². The number of halogens is 6. The molecule has 3 heterocycles. The Morgan fingerprint density at radius 1 is 0.393 bits per heavy atom. The van der Waals surface area contributed by atoms with Gasteiger partial charge in [0.25, 0.3) is 0 Å². The van der Waals surface area contributed by atoms with Crippen molar-refractivity contribution in [3.8, 4) is 0 Å². The zero-order chi connectivity index (χ0) is 41.8. The number of nitrogens with one attached hydrogen (secondary N) is 1. The molecule has 3 bridgehead atoms. The Kier molecular flexibility index (Phi) is 11.9. The van der Waals surface area contributed by atoms with Crippen LogP contribution in [0.1, 0.15) is 39.8 Å². The van der Waals surface area contributed by atoms with Gasteiger partial charge in [-0.1, -0.05) is 179 Å². The number of nitrogens with zero attached hydrogens (tertiary/aromatic N) is 5. The topological polar surface area (TPSA) is 28.2 Å². The lowest BCUT2D eigenvalue weighted by Gasteiger charge is -2.59. The van der Waals surface area contributed by atoms with E-state index in [0.717, 1.165) is 69.9 Å². The first-order valence-corrected chi connectivity index (χ1v) is 22.9. The maximum Gasteiger partial charge on any atom is 0.0956 e. The Labute approximate surface area is 388 Å². The molecule has 0 aromatic heterocycles. The molecule has 1 aliphatic carbocycles. The standard InChI is InChI=1S/C49H44Cl6N6/c50-38-19-7-1-13-32(38)26-56-45-46-57(27-33-14-2-8-20-39(33)51)44-25-49(44)60(30-36-17-5-11-23-42(36)54)47(58(45)28-34-15-3-9-21-40(34)52)48(59(46)29-35-16-4-10-22-41(35)53)61(49)31-37-18-6-12-24-43(37)55/h1-24,44-48,56H,25-31H2. The number of benzene rings is 6. The molecule has 6 atom stereocenters. The van der Waals surface area contributed by atoms with Gasteiger partial charge in [-0.15, -0.1) is 0 Å². The summed E-state index contributed by atoms with van der Waals surface area (Å²) in [6.07, 6.45) is 0.204. The lowest BCUT2D eigenvalue weighted by Crippen LogP contribution is -2.77. The minimum absolute atomic E-state index is 0.106. The molecule has 3 saturated heterocycles. The molecule has 10 rings (SSSR count). The fourth-order valence-corrected chi connectivity index (χ4v) is 11.5. The van der Waals surface area contributed by atoms with Crippen molar-refractivity contribution in [1.82, 2.24) is 29.8 Å². The zero-order valence-electron chi connectivity index (χ0n) is 33.2. The van der Waals surface area contributed by atoms with Crippen LogP contribution in [0.3, 0.4) is 0 Å². The van der Waals surface area contributed by atoms with E-state index >= 15 is 0 Å².